The first-order chi connectivity index (χ1) is 14.5. The molecule has 1 aliphatic heterocycles. The molecule has 0 radical (unpaired) electrons. The monoisotopic (exact) mass is 450 g/mol. The highest BCUT2D eigenvalue weighted by molar-refractivity contribution is 6.36. The summed E-state index contributed by atoms with van der Waals surface area (Å²) in [5.74, 6) is -0.0662. The molecule has 0 unspecified atom stereocenters. The van der Waals surface area contributed by atoms with Crippen LogP contribution in [0, 0.1) is 5.92 Å². The number of rotatable bonds is 8. The molecule has 30 heavy (non-hydrogen) atoms. The van der Waals surface area contributed by atoms with Gasteiger partial charge in [-0.1, -0.05) is 59.6 Å². The fourth-order valence-corrected chi connectivity index (χ4v) is 4.06. The van der Waals surface area contributed by atoms with Gasteiger partial charge in [-0.15, -0.1) is 0 Å². The Balaban J connectivity index is 1.84. The second kappa shape index (κ2) is 10.8. The Kier molecular flexibility index (Phi) is 8.16. The second-order valence-electron chi connectivity index (χ2n) is 7.00. The van der Waals surface area contributed by atoms with Crippen LogP contribution in [0.25, 0.3) is 0 Å². The van der Waals surface area contributed by atoms with E-state index in [0.29, 0.717) is 35.1 Å². The highest BCUT2D eigenvalue weighted by atomic mass is 35.5. The molecule has 0 bridgehead atoms. The number of allylic oxidation sites excluding steroid dienone is 2. The minimum atomic E-state index is -0.810. The third-order valence-corrected chi connectivity index (χ3v) is 5.63. The Hall–Kier alpha value is -2.05. The van der Waals surface area contributed by atoms with E-state index in [1.54, 1.807) is 25.3 Å². The quantitative estimate of drug-likeness (QED) is 0.483. The van der Waals surface area contributed by atoms with Crippen molar-refractivity contribution in [1.29, 1.82) is 0 Å². The number of carboxylic acid groups (broad SMARTS) is 1. The van der Waals surface area contributed by atoms with Crippen LogP contribution in [0.1, 0.15) is 42.8 Å². The van der Waals surface area contributed by atoms with Crippen LogP contribution in [0.15, 0.2) is 54.6 Å². The molecule has 2 aromatic carbocycles. The standard InChI is InChI=1S/C23H24Cl2O5/c1-28-19-12-6-5-9-16(19)22-15(8-3-2-4-13-20(26)27)14-29-23(30-22)21-17(24)10-7-11-18(21)25/h2-3,5-7,9-12,15,22-23H,4,8,13-14H2,1H3,(H,26,27)/t15-,22+,23+/m1/s1. The second-order valence-corrected chi connectivity index (χ2v) is 7.81. The molecule has 7 heteroatoms. The predicted molar refractivity (Wildman–Crippen MR) is 116 cm³/mol. The van der Waals surface area contributed by atoms with E-state index in [9.17, 15) is 4.79 Å². The fourth-order valence-electron chi connectivity index (χ4n) is 3.49. The first-order valence-electron chi connectivity index (χ1n) is 9.72. The number of para-hydroxylation sites is 1. The third kappa shape index (κ3) is 5.55. The van der Waals surface area contributed by atoms with Gasteiger partial charge in [0.05, 0.1) is 29.9 Å². The molecule has 0 amide bonds. The van der Waals surface area contributed by atoms with E-state index in [0.717, 1.165) is 11.3 Å². The molecule has 2 aromatic rings. The molecule has 3 atom stereocenters. The summed E-state index contributed by atoms with van der Waals surface area (Å²) in [4.78, 5) is 10.7. The van der Waals surface area contributed by atoms with E-state index >= 15 is 0 Å². The van der Waals surface area contributed by atoms with Crippen LogP contribution in [-0.2, 0) is 14.3 Å². The van der Waals surface area contributed by atoms with Crippen LogP contribution in [0.2, 0.25) is 10.0 Å². The molecule has 5 nitrogen and oxygen atoms in total. The minimum absolute atomic E-state index is 0.0138. The van der Waals surface area contributed by atoms with Gasteiger partial charge in [0.25, 0.3) is 0 Å². The lowest BCUT2D eigenvalue weighted by molar-refractivity contribution is -0.244. The molecule has 1 saturated heterocycles. The Labute approximate surface area is 186 Å². The zero-order valence-electron chi connectivity index (χ0n) is 16.6. The normalized spacial score (nSPS) is 21.6. The summed E-state index contributed by atoms with van der Waals surface area (Å²) in [5, 5.41) is 9.75. The lowest BCUT2D eigenvalue weighted by Crippen LogP contribution is -2.31. The van der Waals surface area contributed by atoms with Gasteiger partial charge in [0.15, 0.2) is 6.29 Å². The summed E-state index contributed by atoms with van der Waals surface area (Å²) in [6.07, 6.45) is 4.11. The summed E-state index contributed by atoms with van der Waals surface area (Å²) < 4.78 is 17.9. The van der Waals surface area contributed by atoms with Gasteiger partial charge in [-0.25, -0.2) is 0 Å². The summed E-state index contributed by atoms with van der Waals surface area (Å²) >= 11 is 12.7. The van der Waals surface area contributed by atoms with Gasteiger partial charge in [-0.05, 0) is 31.0 Å². The van der Waals surface area contributed by atoms with Gasteiger partial charge in [-0.2, -0.15) is 0 Å². The predicted octanol–water partition coefficient (Wildman–Crippen LogP) is 6.22. The largest absolute Gasteiger partial charge is 0.496 e. The van der Waals surface area contributed by atoms with Crippen molar-refractivity contribution in [3.8, 4) is 5.75 Å². The highest BCUT2D eigenvalue weighted by Crippen LogP contribution is 2.45. The van der Waals surface area contributed by atoms with Crippen LogP contribution in [0.3, 0.4) is 0 Å². The van der Waals surface area contributed by atoms with Gasteiger partial charge >= 0.3 is 5.97 Å². The van der Waals surface area contributed by atoms with Gasteiger partial charge in [0.1, 0.15) is 5.75 Å². The van der Waals surface area contributed by atoms with Crippen LogP contribution >= 0.6 is 23.2 Å². The van der Waals surface area contributed by atoms with Crippen molar-refractivity contribution in [3.05, 3.63) is 75.8 Å². The minimum Gasteiger partial charge on any atom is -0.496 e. The van der Waals surface area contributed by atoms with Crippen molar-refractivity contribution in [3.63, 3.8) is 0 Å². The van der Waals surface area contributed by atoms with Gasteiger partial charge in [0, 0.05) is 23.5 Å². The third-order valence-electron chi connectivity index (χ3n) is 4.97. The molecule has 1 heterocycles. The van der Waals surface area contributed by atoms with Crippen molar-refractivity contribution in [2.24, 2.45) is 5.92 Å². The van der Waals surface area contributed by atoms with E-state index < -0.39 is 12.3 Å². The molecule has 0 spiro atoms. The number of halogens is 2. The Morgan fingerprint density at radius 2 is 1.90 bits per heavy atom. The van der Waals surface area contributed by atoms with Crippen LogP contribution in [-0.4, -0.2) is 24.8 Å². The first-order valence-corrected chi connectivity index (χ1v) is 10.5. The van der Waals surface area contributed by atoms with Gasteiger partial charge in [-0.3, -0.25) is 4.79 Å². The summed E-state index contributed by atoms with van der Waals surface area (Å²) in [6, 6.07) is 13.0. The first kappa shape index (κ1) is 22.6. The van der Waals surface area contributed by atoms with E-state index in [1.165, 1.54) is 0 Å². The number of hydrogen-bond acceptors (Lipinski definition) is 4. The summed E-state index contributed by atoms with van der Waals surface area (Å²) in [6.45, 7) is 0.429. The molecule has 160 valence electrons. The van der Waals surface area contributed by atoms with E-state index in [-0.39, 0.29) is 18.4 Å². The number of methoxy groups -OCH3 is 1. The molecule has 0 aliphatic carbocycles. The molecular weight excluding hydrogens is 427 g/mol. The van der Waals surface area contributed by atoms with Crippen molar-refractivity contribution >= 4 is 29.2 Å². The zero-order chi connectivity index (χ0) is 21.5. The number of benzene rings is 2. The maximum Gasteiger partial charge on any atom is 0.303 e. The molecule has 1 aliphatic rings. The topological polar surface area (TPSA) is 65.0 Å². The molecular formula is C23H24Cl2O5. The maximum atomic E-state index is 10.7. The number of aliphatic carboxylic acids is 1. The van der Waals surface area contributed by atoms with Crippen molar-refractivity contribution in [2.45, 2.75) is 31.7 Å². The maximum absolute atomic E-state index is 10.7. The number of ether oxygens (including phenoxy) is 3. The molecule has 0 saturated carbocycles. The molecule has 3 rings (SSSR count). The molecule has 1 N–H and O–H groups in total. The zero-order valence-corrected chi connectivity index (χ0v) is 18.1. The van der Waals surface area contributed by atoms with E-state index in [1.807, 2.05) is 36.4 Å². The number of hydrogen-bond donors (Lipinski definition) is 1. The van der Waals surface area contributed by atoms with Crippen molar-refractivity contribution in [2.75, 3.05) is 13.7 Å². The SMILES string of the molecule is COc1ccccc1[C@H]1O[C@@H](c2c(Cl)cccc2Cl)OC[C@H]1CC=CCCC(=O)O. The smallest absolute Gasteiger partial charge is 0.303 e. The summed E-state index contributed by atoms with van der Waals surface area (Å²) in [5.41, 5.74) is 1.52. The van der Waals surface area contributed by atoms with E-state index in [4.69, 9.17) is 42.5 Å². The van der Waals surface area contributed by atoms with Crippen LogP contribution in [0.5, 0.6) is 5.75 Å². The number of carboxylic acids is 1. The number of carbonyl (C=O) groups is 1. The lowest BCUT2D eigenvalue weighted by atomic mass is 9.91. The Bertz CT molecular complexity index is 879. The van der Waals surface area contributed by atoms with E-state index in [2.05, 4.69) is 0 Å². The van der Waals surface area contributed by atoms with Crippen molar-refractivity contribution < 1.29 is 24.1 Å². The van der Waals surface area contributed by atoms with Gasteiger partial charge in [0.2, 0.25) is 0 Å². The van der Waals surface area contributed by atoms with Crippen molar-refractivity contribution in [1.82, 2.24) is 0 Å². The Morgan fingerprint density at radius 1 is 1.17 bits per heavy atom. The van der Waals surface area contributed by atoms with Gasteiger partial charge < -0.3 is 19.3 Å². The Morgan fingerprint density at radius 3 is 2.60 bits per heavy atom. The fraction of sp³-hybridized carbons (Fsp3) is 0.348. The van der Waals surface area contributed by atoms with Crippen LogP contribution in [0.4, 0.5) is 0 Å². The highest BCUT2D eigenvalue weighted by Gasteiger charge is 2.36. The summed E-state index contributed by atoms with van der Waals surface area (Å²) in [7, 11) is 1.63. The average Bonchev–Trinajstić information content (AvgIpc) is 2.73. The molecule has 0 aromatic heterocycles. The lowest BCUT2D eigenvalue weighted by Gasteiger charge is -2.37. The molecule has 1 fully saturated rings. The average molecular weight is 451 g/mol. The van der Waals surface area contributed by atoms with Crippen LogP contribution < -0.4 is 4.74 Å².